The Morgan fingerprint density at radius 1 is 1.30 bits per heavy atom. The van der Waals surface area contributed by atoms with Crippen LogP contribution in [-0.2, 0) is 9.53 Å². The molecule has 0 bridgehead atoms. The second kappa shape index (κ2) is 9.33. The first-order valence-corrected chi connectivity index (χ1v) is 8.58. The van der Waals surface area contributed by atoms with Gasteiger partial charge in [-0.3, -0.25) is 4.79 Å². The highest BCUT2D eigenvalue weighted by Gasteiger charge is 2.09. The van der Waals surface area contributed by atoms with Crippen molar-refractivity contribution in [3.8, 4) is 11.5 Å². The van der Waals surface area contributed by atoms with Gasteiger partial charge in [0.1, 0.15) is 12.1 Å². The van der Waals surface area contributed by atoms with E-state index in [1.807, 2.05) is 0 Å². The summed E-state index contributed by atoms with van der Waals surface area (Å²) in [6, 6.07) is 5.23. The van der Waals surface area contributed by atoms with E-state index >= 15 is 0 Å². The molecule has 9 heteroatoms. The molecule has 0 aliphatic heterocycles. The molecule has 0 spiro atoms. The molecular formula is C14H17N3O4S2. The largest absolute Gasteiger partial charge is 0.493 e. The Morgan fingerprint density at radius 3 is 2.87 bits per heavy atom. The van der Waals surface area contributed by atoms with Gasteiger partial charge in [-0.15, -0.1) is 10.2 Å². The maximum atomic E-state index is 12.0. The molecule has 1 N–H and O–H groups in total. The number of aromatic nitrogens is 2. The minimum atomic E-state index is -0.127. The standard InChI is InChI=1S/C14H17N3O4S2/c1-19-5-6-21-12-7-10(3-4-11(12)20-2)16-13(18)8-22-14-17-15-9-23-14/h3-4,7,9H,5-6,8H2,1-2H3,(H,16,18). The van der Waals surface area contributed by atoms with Gasteiger partial charge in [0.25, 0.3) is 0 Å². The smallest absolute Gasteiger partial charge is 0.234 e. The first-order valence-electron chi connectivity index (χ1n) is 6.71. The maximum absolute atomic E-state index is 12.0. The first-order chi connectivity index (χ1) is 11.2. The number of amides is 1. The number of nitrogens with one attached hydrogen (secondary N) is 1. The van der Waals surface area contributed by atoms with Crippen LogP contribution in [-0.4, -0.2) is 49.3 Å². The zero-order chi connectivity index (χ0) is 16.5. The Kier molecular flexibility index (Phi) is 7.11. The molecule has 0 aliphatic carbocycles. The van der Waals surface area contributed by atoms with Gasteiger partial charge in [0.2, 0.25) is 5.91 Å². The second-order valence-electron chi connectivity index (χ2n) is 4.25. The number of thioether (sulfide) groups is 1. The van der Waals surface area contributed by atoms with Crippen LogP contribution in [0, 0.1) is 0 Å². The summed E-state index contributed by atoms with van der Waals surface area (Å²) in [5.41, 5.74) is 2.27. The third kappa shape index (κ3) is 5.70. The Morgan fingerprint density at radius 2 is 2.17 bits per heavy atom. The summed E-state index contributed by atoms with van der Waals surface area (Å²) in [6.45, 7) is 0.870. The minimum Gasteiger partial charge on any atom is -0.493 e. The van der Waals surface area contributed by atoms with E-state index in [1.165, 1.54) is 23.1 Å². The van der Waals surface area contributed by atoms with E-state index < -0.39 is 0 Å². The minimum absolute atomic E-state index is 0.127. The number of ether oxygens (including phenoxy) is 3. The van der Waals surface area contributed by atoms with E-state index in [0.29, 0.717) is 30.4 Å². The molecule has 7 nitrogen and oxygen atoms in total. The summed E-state index contributed by atoms with van der Waals surface area (Å²) in [5, 5.41) is 10.4. The molecule has 1 aromatic carbocycles. The summed E-state index contributed by atoms with van der Waals surface area (Å²) in [4.78, 5) is 12.0. The third-order valence-corrected chi connectivity index (χ3v) is 4.52. The number of carbonyl (C=O) groups excluding carboxylic acids is 1. The number of hydrogen-bond donors (Lipinski definition) is 1. The lowest BCUT2D eigenvalue weighted by atomic mass is 10.2. The molecule has 124 valence electrons. The molecule has 1 aromatic heterocycles. The Bertz CT molecular complexity index is 622. The number of methoxy groups -OCH3 is 2. The van der Waals surface area contributed by atoms with Crippen molar-refractivity contribution in [1.29, 1.82) is 0 Å². The number of hydrogen-bond acceptors (Lipinski definition) is 8. The summed E-state index contributed by atoms with van der Waals surface area (Å²) in [6.07, 6.45) is 0. The van der Waals surface area contributed by atoms with Crippen molar-refractivity contribution in [2.45, 2.75) is 4.34 Å². The normalized spacial score (nSPS) is 10.3. The molecule has 0 saturated carbocycles. The van der Waals surface area contributed by atoms with E-state index in [2.05, 4.69) is 15.5 Å². The van der Waals surface area contributed by atoms with Gasteiger partial charge < -0.3 is 19.5 Å². The highest BCUT2D eigenvalue weighted by Crippen LogP contribution is 2.30. The highest BCUT2D eigenvalue weighted by molar-refractivity contribution is 8.01. The van der Waals surface area contributed by atoms with Crippen molar-refractivity contribution < 1.29 is 19.0 Å². The summed E-state index contributed by atoms with van der Waals surface area (Å²) in [7, 11) is 3.17. The second-order valence-corrected chi connectivity index (χ2v) is 6.30. The van der Waals surface area contributed by atoms with Crippen LogP contribution in [0.4, 0.5) is 5.69 Å². The van der Waals surface area contributed by atoms with Crippen molar-refractivity contribution >= 4 is 34.7 Å². The van der Waals surface area contributed by atoms with Crippen LogP contribution >= 0.6 is 23.1 Å². The maximum Gasteiger partial charge on any atom is 0.234 e. The molecule has 0 radical (unpaired) electrons. The molecule has 0 atom stereocenters. The van der Waals surface area contributed by atoms with Crippen LogP contribution < -0.4 is 14.8 Å². The van der Waals surface area contributed by atoms with E-state index in [1.54, 1.807) is 37.9 Å². The highest BCUT2D eigenvalue weighted by atomic mass is 32.2. The van der Waals surface area contributed by atoms with E-state index in [9.17, 15) is 4.79 Å². The molecule has 0 aliphatic rings. The molecule has 1 amide bonds. The third-order valence-electron chi connectivity index (χ3n) is 2.66. The van der Waals surface area contributed by atoms with Crippen LogP contribution in [0.5, 0.6) is 11.5 Å². The van der Waals surface area contributed by atoms with Crippen LogP contribution in [0.15, 0.2) is 28.0 Å². The van der Waals surface area contributed by atoms with Crippen molar-refractivity contribution in [2.24, 2.45) is 0 Å². The fourth-order valence-electron chi connectivity index (χ4n) is 1.65. The number of nitrogens with zero attached hydrogens (tertiary/aromatic N) is 2. The molecule has 0 fully saturated rings. The van der Waals surface area contributed by atoms with Gasteiger partial charge in [-0.05, 0) is 12.1 Å². The van der Waals surface area contributed by atoms with E-state index in [-0.39, 0.29) is 11.7 Å². The first kappa shape index (κ1) is 17.5. The van der Waals surface area contributed by atoms with Crippen molar-refractivity contribution in [3.63, 3.8) is 0 Å². The lowest BCUT2D eigenvalue weighted by molar-refractivity contribution is -0.113. The van der Waals surface area contributed by atoms with Gasteiger partial charge >= 0.3 is 0 Å². The van der Waals surface area contributed by atoms with Gasteiger partial charge in [0.05, 0.1) is 19.5 Å². The van der Waals surface area contributed by atoms with Gasteiger partial charge in [-0.2, -0.15) is 0 Å². The van der Waals surface area contributed by atoms with Crippen molar-refractivity contribution in [3.05, 3.63) is 23.7 Å². The predicted molar refractivity (Wildman–Crippen MR) is 89.6 cm³/mol. The monoisotopic (exact) mass is 355 g/mol. The fraction of sp³-hybridized carbons (Fsp3) is 0.357. The van der Waals surface area contributed by atoms with Gasteiger partial charge in [0, 0.05) is 18.9 Å². The summed E-state index contributed by atoms with van der Waals surface area (Å²) >= 11 is 2.75. The zero-order valence-electron chi connectivity index (χ0n) is 12.8. The molecule has 0 saturated heterocycles. The van der Waals surface area contributed by atoms with Crippen LogP contribution in [0.3, 0.4) is 0 Å². The Balaban J connectivity index is 1.93. The SMILES string of the molecule is COCCOc1cc(NC(=O)CSc2nncs2)ccc1OC. The average molecular weight is 355 g/mol. The van der Waals surface area contributed by atoms with E-state index in [0.717, 1.165) is 4.34 Å². The van der Waals surface area contributed by atoms with Gasteiger partial charge in [0.15, 0.2) is 15.8 Å². The van der Waals surface area contributed by atoms with Crippen molar-refractivity contribution in [1.82, 2.24) is 10.2 Å². The number of carbonyl (C=O) groups is 1. The topological polar surface area (TPSA) is 82.6 Å². The van der Waals surface area contributed by atoms with Gasteiger partial charge in [-0.1, -0.05) is 23.1 Å². The fourth-order valence-corrected chi connectivity index (χ4v) is 2.94. The Labute approximate surface area is 142 Å². The molecular weight excluding hydrogens is 338 g/mol. The lowest BCUT2D eigenvalue weighted by Crippen LogP contribution is -2.14. The number of rotatable bonds is 9. The number of benzene rings is 1. The predicted octanol–water partition coefficient (Wildman–Crippen LogP) is 2.30. The summed E-state index contributed by atoms with van der Waals surface area (Å²) < 4.78 is 16.5. The van der Waals surface area contributed by atoms with Crippen molar-refractivity contribution in [2.75, 3.05) is 38.5 Å². The quantitative estimate of drug-likeness (QED) is 0.546. The lowest BCUT2D eigenvalue weighted by Gasteiger charge is -2.12. The molecule has 2 rings (SSSR count). The molecule has 1 heterocycles. The van der Waals surface area contributed by atoms with E-state index in [4.69, 9.17) is 14.2 Å². The van der Waals surface area contributed by atoms with Crippen LogP contribution in [0.2, 0.25) is 0 Å². The summed E-state index contributed by atoms with van der Waals surface area (Å²) in [5.74, 6) is 1.29. The zero-order valence-corrected chi connectivity index (χ0v) is 14.4. The molecule has 23 heavy (non-hydrogen) atoms. The number of anilines is 1. The Hall–Kier alpha value is -1.84. The molecule has 2 aromatic rings. The van der Waals surface area contributed by atoms with Gasteiger partial charge in [-0.25, -0.2) is 0 Å². The van der Waals surface area contributed by atoms with Crippen LogP contribution in [0.25, 0.3) is 0 Å². The van der Waals surface area contributed by atoms with Crippen LogP contribution in [0.1, 0.15) is 0 Å². The average Bonchev–Trinajstić information content (AvgIpc) is 3.07. The molecule has 0 unspecified atom stereocenters.